The lowest BCUT2D eigenvalue weighted by Crippen LogP contribution is -2.28. The van der Waals surface area contributed by atoms with Crippen LogP contribution in [0, 0.1) is 0 Å². The van der Waals surface area contributed by atoms with Gasteiger partial charge >= 0.3 is 0 Å². The van der Waals surface area contributed by atoms with Gasteiger partial charge in [-0.05, 0) is 59.9 Å². The third-order valence-electron chi connectivity index (χ3n) is 3.31. The van der Waals surface area contributed by atoms with Crippen molar-refractivity contribution in [2.75, 3.05) is 21.6 Å². The molecule has 4 N–H and O–H groups in total. The number of aliphatic hydroxyl groups is 1. The number of hydrogen-bond donors (Lipinski definition) is 4. The Hall–Kier alpha value is -1.84. The van der Waals surface area contributed by atoms with Gasteiger partial charge in [-0.1, -0.05) is 0 Å². The molecule has 0 saturated carbocycles. The molecule has 2 aromatic rings. The third kappa shape index (κ3) is 6.18. The molecule has 3 atom stereocenters. The Balaban J connectivity index is 2.12. The third-order valence-corrected chi connectivity index (χ3v) is 4.55. The highest BCUT2D eigenvalue weighted by Crippen LogP contribution is 2.23. The Kier molecular flexibility index (Phi) is 6.26. The molecule has 7 nitrogen and oxygen atoms in total. The van der Waals surface area contributed by atoms with Crippen LogP contribution in [0.1, 0.15) is 13.8 Å². The number of benzene rings is 1. The Bertz CT molecular complexity index is 825. The molecule has 0 saturated heterocycles. The summed E-state index contributed by atoms with van der Waals surface area (Å²) in [6, 6.07) is 7.08. The number of hydrogen-bond acceptors (Lipinski definition) is 6. The molecular weight excluding hydrogens is 406 g/mol. The van der Waals surface area contributed by atoms with Gasteiger partial charge in [-0.15, -0.1) is 0 Å². The summed E-state index contributed by atoms with van der Waals surface area (Å²) in [4.78, 5) is 8.63. The Morgan fingerprint density at radius 3 is 2.40 bits per heavy atom. The van der Waals surface area contributed by atoms with Crippen LogP contribution in [-0.2, 0) is 9.71 Å². The second-order valence-electron chi connectivity index (χ2n) is 5.87. The lowest BCUT2D eigenvalue weighted by Gasteiger charge is -2.18. The van der Waals surface area contributed by atoms with Gasteiger partial charge in [-0.3, -0.25) is 0 Å². The molecule has 2 rings (SSSR count). The second-order valence-corrected chi connectivity index (χ2v) is 8.94. The normalized spacial score (nSPS) is 15.7. The number of aliphatic hydroxyl groups excluding tert-OH is 1. The van der Waals surface area contributed by atoms with E-state index in [9.17, 15) is 9.32 Å². The van der Waals surface area contributed by atoms with Crippen molar-refractivity contribution < 1.29 is 9.32 Å². The number of aromatic nitrogens is 2. The van der Waals surface area contributed by atoms with E-state index in [0.29, 0.717) is 16.2 Å². The van der Waals surface area contributed by atoms with E-state index in [1.165, 1.54) is 6.26 Å². The molecular formula is C16H22BrN5O2S. The van der Waals surface area contributed by atoms with Crippen molar-refractivity contribution in [3.05, 3.63) is 34.9 Å². The van der Waals surface area contributed by atoms with Crippen LogP contribution in [0.25, 0.3) is 0 Å². The van der Waals surface area contributed by atoms with Crippen LogP contribution in [0.2, 0.25) is 0 Å². The maximum atomic E-state index is 11.7. The summed E-state index contributed by atoms with van der Waals surface area (Å²) in [5.74, 6) is 4.57. The fourth-order valence-electron chi connectivity index (χ4n) is 1.86. The zero-order valence-electron chi connectivity index (χ0n) is 14.3. The molecule has 0 fully saturated rings. The minimum atomic E-state index is -2.31. The summed E-state index contributed by atoms with van der Waals surface area (Å²) in [5, 5.41) is 15.9. The monoisotopic (exact) mass is 427 g/mol. The SMILES string of the molecule is C=S(C)(=O)Nc1ccc(Nc2ncc(Br)c(N[C@H](C)[C@@H](C)O)n2)cc1. The van der Waals surface area contributed by atoms with E-state index >= 15 is 0 Å². The van der Waals surface area contributed by atoms with E-state index in [-0.39, 0.29) is 6.04 Å². The summed E-state index contributed by atoms with van der Waals surface area (Å²) in [7, 11) is -2.31. The largest absolute Gasteiger partial charge is 0.391 e. The van der Waals surface area contributed by atoms with Gasteiger partial charge in [0.1, 0.15) is 5.82 Å². The van der Waals surface area contributed by atoms with E-state index < -0.39 is 15.8 Å². The van der Waals surface area contributed by atoms with Crippen molar-refractivity contribution in [2.24, 2.45) is 0 Å². The summed E-state index contributed by atoms with van der Waals surface area (Å²) < 4.78 is 15.2. The van der Waals surface area contributed by atoms with Gasteiger partial charge in [-0.2, -0.15) is 4.98 Å². The van der Waals surface area contributed by atoms with Gasteiger partial charge in [0.2, 0.25) is 5.95 Å². The number of nitrogens with one attached hydrogen (secondary N) is 3. The van der Waals surface area contributed by atoms with Gasteiger partial charge in [0.25, 0.3) is 0 Å². The maximum Gasteiger partial charge on any atom is 0.229 e. The topological polar surface area (TPSA) is 99.2 Å². The van der Waals surface area contributed by atoms with E-state index in [4.69, 9.17) is 0 Å². The van der Waals surface area contributed by atoms with Crippen LogP contribution in [0.5, 0.6) is 0 Å². The molecule has 0 aliphatic heterocycles. The van der Waals surface area contributed by atoms with Crippen molar-refractivity contribution in [3.8, 4) is 0 Å². The average molecular weight is 428 g/mol. The number of anilines is 4. The summed E-state index contributed by atoms with van der Waals surface area (Å²) >= 11 is 3.39. The highest BCUT2D eigenvalue weighted by Gasteiger charge is 2.12. The van der Waals surface area contributed by atoms with Gasteiger partial charge in [0.15, 0.2) is 0 Å². The lowest BCUT2D eigenvalue weighted by atomic mass is 10.2. The van der Waals surface area contributed by atoms with E-state index in [2.05, 4.69) is 47.1 Å². The molecule has 1 heterocycles. The first-order chi connectivity index (χ1) is 11.6. The van der Waals surface area contributed by atoms with Crippen molar-refractivity contribution in [1.82, 2.24) is 9.97 Å². The van der Waals surface area contributed by atoms with Crippen LogP contribution in [-0.4, -0.2) is 43.6 Å². The predicted molar refractivity (Wildman–Crippen MR) is 109 cm³/mol. The molecule has 1 aromatic heterocycles. The van der Waals surface area contributed by atoms with Crippen LogP contribution >= 0.6 is 15.9 Å². The molecule has 0 spiro atoms. The van der Waals surface area contributed by atoms with Crippen molar-refractivity contribution >= 4 is 54.6 Å². The average Bonchev–Trinajstić information content (AvgIpc) is 2.51. The lowest BCUT2D eigenvalue weighted by molar-refractivity contribution is 0.177. The first kappa shape index (κ1) is 19.5. The molecule has 0 bridgehead atoms. The number of nitrogens with zero attached hydrogens (tertiary/aromatic N) is 2. The molecule has 1 unspecified atom stereocenters. The highest BCUT2D eigenvalue weighted by atomic mass is 79.9. The highest BCUT2D eigenvalue weighted by molar-refractivity contribution is 9.10. The molecule has 0 amide bonds. The van der Waals surface area contributed by atoms with Crippen LogP contribution < -0.4 is 15.4 Å². The van der Waals surface area contributed by atoms with Gasteiger partial charge in [0, 0.05) is 33.5 Å². The maximum absolute atomic E-state index is 11.7. The Morgan fingerprint density at radius 2 is 1.84 bits per heavy atom. The fourth-order valence-corrected chi connectivity index (χ4v) is 2.80. The zero-order chi connectivity index (χ0) is 18.6. The van der Waals surface area contributed by atoms with Crippen molar-refractivity contribution in [3.63, 3.8) is 0 Å². The predicted octanol–water partition coefficient (Wildman–Crippen LogP) is 2.84. The number of halogens is 1. The summed E-state index contributed by atoms with van der Waals surface area (Å²) in [6.45, 7) is 3.58. The quantitative estimate of drug-likeness (QED) is 0.507. The molecule has 0 aliphatic carbocycles. The molecule has 136 valence electrons. The van der Waals surface area contributed by atoms with Crippen molar-refractivity contribution in [1.29, 1.82) is 0 Å². The van der Waals surface area contributed by atoms with Crippen LogP contribution in [0.4, 0.5) is 23.1 Å². The minimum Gasteiger partial charge on any atom is -0.391 e. The zero-order valence-corrected chi connectivity index (χ0v) is 16.7. The summed E-state index contributed by atoms with van der Waals surface area (Å²) in [6.07, 6.45) is 2.66. The fraction of sp³-hybridized carbons (Fsp3) is 0.312. The summed E-state index contributed by atoms with van der Waals surface area (Å²) in [5.41, 5.74) is 1.51. The second kappa shape index (κ2) is 8.03. The van der Waals surface area contributed by atoms with Crippen molar-refractivity contribution in [2.45, 2.75) is 26.0 Å². The van der Waals surface area contributed by atoms with Crippen LogP contribution in [0.3, 0.4) is 0 Å². The minimum absolute atomic E-state index is 0.157. The smallest absolute Gasteiger partial charge is 0.229 e. The Morgan fingerprint density at radius 1 is 1.24 bits per heavy atom. The van der Waals surface area contributed by atoms with Crippen LogP contribution in [0.15, 0.2) is 34.9 Å². The molecule has 1 aromatic carbocycles. The number of rotatable bonds is 7. The van der Waals surface area contributed by atoms with Gasteiger partial charge in [-0.25, -0.2) is 9.19 Å². The van der Waals surface area contributed by atoms with Gasteiger partial charge in [0.05, 0.1) is 16.6 Å². The van der Waals surface area contributed by atoms with E-state index in [0.717, 1.165) is 11.4 Å². The molecule has 25 heavy (non-hydrogen) atoms. The van der Waals surface area contributed by atoms with Gasteiger partial charge < -0.3 is 20.5 Å². The standard InChI is InChI=1S/C16H22BrN5O2S/c1-10(11(2)23)19-15-14(17)9-18-16(21-15)20-12-5-7-13(8-6-12)22-25(3,4)24/h5-11,23H,3H2,1-2,4H3,(H,22,24)(H2,18,19,20,21)/t10-,11-,25?/m1/s1. The first-order valence-electron chi connectivity index (χ1n) is 7.58. The van der Waals surface area contributed by atoms with E-state index in [1.807, 2.05) is 19.1 Å². The molecule has 9 heteroatoms. The Labute approximate surface area is 156 Å². The molecule has 0 radical (unpaired) electrons. The molecule has 0 aliphatic rings. The van der Waals surface area contributed by atoms with E-state index in [1.54, 1.807) is 25.3 Å². The first-order valence-corrected chi connectivity index (χ1v) is 10.5.